The fraction of sp³-hybridized carbons (Fsp3) is 0.200. The molecular weight excluding hydrogens is 448 g/mol. The second-order valence-electron chi connectivity index (χ2n) is 8.54. The van der Waals surface area contributed by atoms with Crippen molar-refractivity contribution >= 4 is 45.0 Å². The van der Waals surface area contributed by atoms with Gasteiger partial charge in [0, 0.05) is 59.6 Å². The number of H-pyrrole nitrogens is 2. The Labute approximate surface area is 198 Å². The number of rotatable bonds is 3. The summed E-state index contributed by atoms with van der Waals surface area (Å²) in [5.41, 5.74) is 4.90. The number of hydrogen-bond acceptors (Lipinski definition) is 6. The molecule has 4 aromatic heterocycles. The van der Waals surface area contributed by atoms with E-state index in [4.69, 9.17) is 0 Å². The zero-order valence-electron chi connectivity index (χ0n) is 18.5. The van der Waals surface area contributed by atoms with Crippen LogP contribution in [-0.4, -0.2) is 56.9 Å². The van der Waals surface area contributed by atoms with Crippen molar-refractivity contribution in [3.63, 3.8) is 0 Å². The normalized spacial score (nSPS) is 14.3. The zero-order valence-corrected chi connectivity index (χ0v) is 19.4. The predicted molar refractivity (Wildman–Crippen MR) is 135 cm³/mol. The smallest absolute Gasteiger partial charge is 0.276 e. The lowest BCUT2D eigenvalue weighted by Gasteiger charge is -2.35. The van der Waals surface area contributed by atoms with Gasteiger partial charge in [-0.2, -0.15) is 0 Å². The zero-order chi connectivity index (χ0) is 23.2. The molecule has 1 aliphatic heterocycles. The molecule has 0 unspecified atom stereocenters. The summed E-state index contributed by atoms with van der Waals surface area (Å²) in [5, 5.41) is 4.65. The van der Waals surface area contributed by atoms with Crippen molar-refractivity contribution in [2.24, 2.45) is 0 Å². The number of pyridine rings is 1. The number of nitrogens with one attached hydrogen (secondary N) is 2. The summed E-state index contributed by atoms with van der Waals surface area (Å²) >= 11 is 1.50. The van der Waals surface area contributed by atoms with Gasteiger partial charge in [-0.05, 0) is 48.9 Å². The van der Waals surface area contributed by atoms with E-state index < -0.39 is 0 Å². The number of nitrogens with zero attached hydrogens (tertiary/aromatic N) is 4. The molecule has 1 aromatic carbocycles. The van der Waals surface area contributed by atoms with E-state index >= 15 is 0 Å². The molecule has 0 bridgehead atoms. The third-order valence-electron chi connectivity index (χ3n) is 6.25. The van der Waals surface area contributed by atoms with Crippen LogP contribution in [0.3, 0.4) is 0 Å². The molecule has 5 heterocycles. The number of aryl methyl sites for hydroxylation is 1. The van der Waals surface area contributed by atoms with Crippen LogP contribution in [0.5, 0.6) is 0 Å². The lowest BCUT2D eigenvalue weighted by Crippen LogP contribution is -2.49. The van der Waals surface area contributed by atoms with Gasteiger partial charge in [0.05, 0.1) is 16.7 Å². The van der Waals surface area contributed by atoms with Gasteiger partial charge in [-0.15, -0.1) is 11.3 Å². The van der Waals surface area contributed by atoms with E-state index in [1.165, 1.54) is 16.9 Å². The fourth-order valence-electron chi connectivity index (χ4n) is 4.41. The Morgan fingerprint density at radius 2 is 1.85 bits per heavy atom. The highest BCUT2D eigenvalue weighted by Crippen LogP contribution is 2.25. The molecule has 0 atom stereocenters. The summed E-state index contributed by atoms with van der Waals surface area (Å²) in [4.78, 5) is 45.0. The van der Waals surface area contributed by atoms with Crippen LogP contribution in [0.4, 0.5) is 5.82 Å². The van der Waals surface area contributed by atoms with E-state index in [1.807, 2.05) is 52.2 Å². The van der Waals surface area contributed by atoms with E-state index in [9.17, 15) is 9.59 Å². The van der Waals surface area contributed by atoms with Crippen LogP contribution < -0.4 is 10.5 Å². The summed E-state index contributed by atoms with van der Waals surface area (Å²) < 4.78 is 0. The number of fused-ring (bicyclic) bond motifs is 2. The Hall–Kier alpha value is -3.98. The minimum absolute atomic E-state index is 0.0113. The van der Waals surface area contributed by atoms with Crippen LogP contribution in [0.1, 0.15) is 15.9 Å². The molecule has 0 aliphatic carbocycles. The molecule has 0 saturated carbocycles. The van der Waals surface area contributed by atoms with Crippen LogP contribution in [0.2, 0.25) is 0 Å². The summed E-state index contributed by atoms with van der Waals surface area (Å²) in [6.45, 7) is 4.84. The van der Waals surface area contributed by atoms with Crippen molar-refractivity contribution in [3.05, 3.63) is 74.8 Å². The first-order valence-electron chi connectivity index (χ1n) is 11.1. The number of aromatic nitrogens is 4. The van der Waals surface area contributed by atoms with E-state index in [0.717, 1.165) is 40.8 Å². The number of aromatic amines is 2. The summed E-state index contributed by atoms with van der Waals surface area (Å²) in [6.07, 6.45) is 1.82. The molecule has 0 radical (unpaired) electrons. The van der Waals surface area contributed by atoms with Crippen LogP contribution >= 0.6 is 11.3 Å². The van der Waals surface area contributed by atoms with Crippen LogP contribution in [-0.2, 0) is 0 Å². The third-order valence-corrected chi connectivity index (χ3v) is 6.98. The second-order valence-corrected chi connectivity index (χ2v) is 9.28. The van der Waals surface area contributed by atoms with Gasteiger partial charge in [-0.1, -0.05) is 0 Å². The van der Waals surface area contributed by atoms with Gasteiger partial charge < -0.3 is 19.8 Å². The quantitative estimate of drug-likeness (QED) is 0.418. The first kappa shape index (κ1) is 20.6. The molecule has 1 saturated heterocycles. The Bertz CT molecular complexity index is 1590. The van der Waals surface area contributed by atoms with Gasteiger partial charge in [0.2, 0.25) is 0 Å². The van der Waals surface area contributed by atoms with Crippen molar-refractivity contribution in [2.75, 3.05) is 31.1 Å². The molecular formula is C25H22N6O2S. The average molecular weight is 471 g/mol. The molecule has 1 fully saturated rings. The van der Waals surface area contributed by atoms with Gasteiger partial charge in [-0.25, -0.2) is 9.97 Å². The van der Waals surface area contributed by atoms with Crippen LogP contribution in [0, 0.1) is 6.92 Å². The first-order chi connectivity index (χ1) is 16.5. The summed E-state index contributed by atoms with van der Waals surface area (Å²) in [7, 11) is 0. The lowest BCUT2D eigenvalue weighted by molar-refractivity contribution is 0.0746. The second kappa shape index (κ2) is 8.11. The molecule has 5 aromatic rings. The van der Waals surface area contributed by atoms with Gasteiger partial charge in [-0.3, -0.25) is 9.59 Å². The highest BCUT2D eigenvalue weighted by Gasteiger charge is 2.23. The maximum Gasteiger partial charge on any atom is 0.276 e. The van der Waals surface area contributed by atoms with Crippen molar-refractivity contribution < 1.29 is 4.79 Å². The van der Waals surface area contributed by atoms with Crippen molar-refractivity contribution in [2.45, 2.75) is 6.92 Å². The van der Waals surface area contributed by atoms with Gasteiger partial charge in [0.15, 0.2) is 5.69 Å². The monoisotopic (exact) mass is 470 g/mol. The molecule has 8 nitrogen and oxygen atoms in total. The fourth-order valence-corrected chi connectivity index (χ4v) is 5.11. The number of piperazine rings is 1. The molecule has 34 heavy (non-hydrogen) atoms. The first-order valence-corrected chi connectivity index (χ1v) is 12.1. The minimum Gasteiger partial charge on any atom is -0.353 e. The molecule has 2 N–H and O–H groups in total. The number of carbonyl (C=O) groups is 1. The topological polar surface area (TPSA) is 98.0 Å². The molecule has 0 spiro atoms. The number of amides is 1. The van der Waals surface area contributed by atoms with Crippen molar-refractivity contribution in [3.8, 4) is 11.4 Å². The SMILES string of the molecule is Cc1ccnc(N2CCN(C(=O)c3ccc4[nH]c(-c5nc6cscc6[nH]c5=O)cc4c3)CC2)c1. The summed E-state index contributed by atoms with van der Waals surface area (Å²) in [5.74, 6) is 0.967. The third kappa shape index (κ3) is 3.63. The maximum atomic E-state index is 13.2. The van der Waals surface area contributed by atoms with Crippen molar-refractivity contribution in [1.29, 1.82) is 0 Å². The minimum atomic E-state index is -0.241. The van der Waals surface area contributed by atoms with Gasteiger partial charge >= 0.3 is 0 Å². The Morgan fingerprint density at radius 3 is 2.68 bits per heavy atom. The van der Waals surface area contributed by atoms with Crippen LogP contribution in [0.25, 0.3) is 33.3 Å². The van der Waals surface area contributed by atoms with E-state index in [2.05, 4.69) is 37.8 Å². The van der Waals surface area contributed by atoms with Gasteiger partial charge in [0.1, 0.15) is 5.82 Å². The number of anilines is 1. The summed E-state index contributed by atoms with van der Waals surface area (Å²) in [6, 6.07) is 11.5. The molecule has 6 rings (SSSR count). The number of hydrogen-bond donors (Lipinski definition) is 2. The molecule has 170 valence electrons. The predicted octanol–water partition coefficient (Wildman–Crippen LogP) is 3.80. The lowest BCUT2D eigenvalue weighted by atomic mass is 10.1. The Kier molecular flexibility index (Phi) is 4.91. The number of benzene rings is 1. The molecule has 1 amide bonds. The van der Waals surface area contributed by atoms with E-state index in [0.29, 0.717) is 30.0 Å². The Balaban J connectivity index is 1.23. The number of carbonyl (C=O) groups excluding carboxylic acids is 1. The molecule has 9 heteroatoms. The highest BCUT2D eigenvalue weighted by atomic mass is 32.1. The largest absolute Gasteiger partial charge is 0.353 e. The maximum absolute atomic E-state index is 13.2. The Morgan fingerprint density at radius 1 is 1.00 bits per heavy atom. The van der Waals surface area contributed by atoms with Gasteiger partial charge in [0.25, 0.3) is 11.5 Å². The average Bonchev–Trinajstić information content (AvgIpc) is 3.49. The van der Waals surface area contributed by atoms with Crippen LogP contribution in [0.15, 0.2) is 58.1 Å². The van der Waals surface area contributed by atoms with E-state index in [-0.39, 0.29) is 11.5 Å². The number of thiophene rings is 1. The van der Waals surface area contributed by atoms with E-state index in [1.54, 1.807) is 0 Å². The van der Waals surface area contributed by atoms with Crippen molar-refractivity contribution in [1.82, 2.24) is 24.8 Å². The molecule has 1 aliphatic rings. The highest BCUT2D eigenvalue weighted by molar-refractivity contribution is 7.09. The standard InChI is InChI=1S/C25H22N6O2S/c1-15-4-5-26-22(10-15)30-6-8-31(9-7-30)25(33)16-2-3-18-17(11-16)12-19(27-18)23-24(32)29-21-14-34-13-20(21)28-23/h2-5,10-14,27H,6-9H2,1H3,(H,29,32).